The van der Waals surface area contributed by atoms with Crippen molar-refractivity contribution in [2.45, 2.75) is 31.8 Å². The fourth-order valence-electron chi connectivity index (χ4n) is 2.68. The number of benzene rings is 1. The molecule has 1 fully saturated rings. The second kappa shape index (κ2) is 4.78. The minimum atomic E-state index is -0.472. The second-order valence-electron chi connectivity index (χ2n) is 5.18. The van der Waals surface area contributed by atoms with Gasteiger partial charge in [0.15, 0.2) is 0 Å². The van der Waals surface area contributed by atoms with E-state index in [1.807, 2.05) is 18.2 Å². The zero-order valence-corrected chi connectivity index (χ0v) is 11.8. The molecule has 2 N–H and O–H groups in total. The fraction of sp³-hybridized carbons (Fsp3) is 0.500. The average molecular weight is 280 g/mol. The van der Waals surface area contributed by atoms with Crippen molar-refractivity contribution in [3.05, 3.63) is 29.0 Å². The highest BCUT2D eigenvalue weighted by Gasteiger charge is 2.37. The standard InChI is InChI=1S/C14H18ClN3O/c1-2-6-18-12-8-10(15)3-4-11(12)17-13(18)14(16)5-7-19-9-14/h3-4,8H,2,5-7,9,16H2,1H3. The number of fused-ring (bicyclic) bond motifs is 1. The molecule has 102 valence electrons. The smallest absolute Gasteiger partial charge is 0.132 e. The van der Waals surface area contributed by atoms with Crippen LogP contribution in [-0.4, -0.2) is 22.8 Å². The molecule has 2 aromatic rings. The van der Waals surface area contributed by atoms with Gasteiger partial charge in [0.25, 0.3) is 0 Å². The number of nitrogens with zero attached hydrogens (tertiary/aromatic N) is 2. The maximum Gasteiger partial charge on any atom is 0.132 e. The van der Waals surface area contributed by atoms with Crippen molar-refractivity contribution in [1.82, 2.24) is 9.55 Å². The Balaban J connectivity index is 2.20. The highest BCUT2D eigenvalue weighted by Crippen LogP contribution is 2.31. The number of hydrogen-bond donors (Lipinski definition) is 1. The lowest BCUT2D eigenvalue weighted by Crippen LogP contribution is -2.40. The van der Waals surface area contributed by atoms with E-state index in [1.54, 1.807) is 0 Å². The lowest BCUT2D eigenvalue weighted by molar-refractivity contribution is 0.175. The van der Waals surface area contributed by atoms with Crippen molar-refractivity contribution < 1.29 is 4.74 Å². The van der Waals surface area contributed by atoms with Crippen LogP contribution in [0.4, 0.5) is 0 Å². The summed E-state index contributed by atoms with van der Waals surface area (Å²) in [5.74, 6) is 0.920. The summed E-state index contributed by atoms with van der Waals surface area (Å²) in [7, 11) is 0. The van der Waals surface area contributed by atoms with Crippen molar-refractivity contribution in [1.29, 1.82) is 0 Å². The molecule has 0 amide bonds. The van der Waals surface area contributed by atoms with Gasteiger partial charge in [-0.25, -0.2) is 4.98 Å². The zero-order chi connectivity index (χ0) is 13.5. The molecular formula is C14H18ClN3O. The Labute approximate surface area is 117 Å². The molecule has 4 nitrogen and oxygen atoms in total. The van der Waals surface area contributed by atoms with Crippen LogP contribution < -0.4 is 5.73 Å². The molecular weight excluding hydrogens is 262 g/mol. The van der Waals surface area contributed by atoms with E-state index >= 15 is 0 Å². The van der Waals surface area contributed by atoms with Crippen molar-refractivity contribution in [3.63, 3.8) is 0 Å². The van der Waals surface area contributed by atoms with Gasteiger partial charge >= 0.3 is 0 Å². The van der Waals surface area contributed by atoms with Gasteiger partial charge in [0.05, 0.1) is 17.6 Å². The van der Waals surface area contributed by atoms with E-state index in [4.69, 9.17) is 27.1 Å². The summed E-state index contributed by atoms with van der Waals surface area (Å²) in [5.41, 5.74) is 8.01. The predicted octanol–water partition coefficient (Wildman–Crippen LogP) is 2.67. The Morgan fingerprint density at radius 3 is 3.05 bits per heavy atom. The minimum absolute atomic E-state index is 0.472. The first-order chi connectivity index (χ1) is 9.14. The van der Waals surface area contributed by atoms with Crippen LogP contribution in [0.2, 0.25) is 5.02 Å². The molecule has 19 heavy (non-hydrogen) atoms. The van der Waals surface area contributed by atoms with Gasteiger partial charge in [0.1, 0.15) is 11.4 Å². The summed E-state index contributed by atoms with van der Waals surface area (Å²) in [6, 6.07) is 5.78. The molecule has 0 saturated carbocycles. The Hall–Kier alpha value is -1.10. The molecule has 2 heterocycles. The molecule has 0 bridgehead atoms. The van der Waals surface area contributed by atoms with Crippen LogP contribution in [0.5, 0.6) is 0 Å². The SMILES string of the molecule is CCCn1c(C2(N)CCOC2)nc2ccc(Cl)cc21. The Morgan fingerprint density at radius 1 is 1.53 bits per heavy atom. The molecule has 1 atom stereocenters. The van der Waals surface area contributed by atoms with Crippen molar-refractivity contribution in [2.24, 2.45) is 5.73 Å². The molecule has 0 radical (unpaired) electrons. The number of rotatable bonds is 3. The molecule has 1 aliphatic rings. The minimum Gasteiger partial charge on any atom is -0.379 e. The predicted molar refractivity (Wildman–Crippen MR) is 76.3 cm³/mol. The number of halogens is 1. The number of imidazole rings is 1. The van der Waals surface area contributed by atoms with Crippen LogP contribution in [0.1, 0.15) is 25.6 Å². The quantitative estimate of drug-likeness (QED) is 0.940. The van der Waals surface area contributed by atoms with Gasteiger partial charge in [-0.2, -0.15) is 0 Å². The summed E-state index contributed by atoms with van der Waals surface area (Å²) in [4.78, 5) is 4.73. The lowest BCUT2D eigenvalue weighted by atomic mass is 9.99. The number of hydrogen-bond acceptors (Lipinski definition) is 3. The van der Waals surface area contributed by atoms with Gasteiger partial charge in [-0.1, -0.05) is 18.5 Å². The molecule has 0 spiro atoms. The topological polar surface area (TPSA) is 53.1 Å². The Kier molecular flexibility index (Phi) is 3.25. The first-order valence-corrected chi connectivity index (χ1v) is 7.05. The third-order valence-corrected chi connectivity index (χ3v) is 3.89. The number of ether oxygens (including phenoxy) is 1. The molecule has 1 aromatic carbocycles. The van der Waals surface area contributed by atoms with Gasteiger partial charge in [0, 0.05) is 18.2 Å². The summed E-state index contributed by atoms with van der Waals surface area (Å²) in [6.07, 6.45) is 1.84. The van der Waals surface area contributed by atoms with E-state index in [-0.39, 0.29) is 0 Å². The van der Waals surface area contributed by atoms with E-state index in [2.05, 4.69) is 11.5 Å². The van der Waals surface area contributed by atoms with E-state index in [0.717, 1.165) is 41.3 Å². The first-order valence-electron chi connectivity index (χ1n) is 6.67. The summed E-state index contributed by atoms with van der Waals surface area (Å²) in [6.45, 7) is 4.28. The average Bonchev–Trinajstić information content (AvgIpc) is 2.96. The lowest BCUT2D eigenvalue weighted by Gasteiger charge is -2.22. The largest absolute Gasteiger partial charge is 0.379 e. The maximum absolute atomic E-state index is 6.47. The van der Waals surface area contributed by atoms with Crippen LogP contribution in [-0.2, 0) is 16.8 Å². The van der Waals surface area contributed by atoms with Gasteiger partial charge in [-0.05, 0) is 31.0 Å². The van der Waals surface area contributed by atoms with Crippen LogP contribution in [0.25, 0.3) is 11.0 Å². The summed E-state index contributed by atoms with van der Waals surface area (Å²) in [5, 5.41) is 0.727. The molecule has 5 heteroatoms. The molecule has 1 unspecified atom stereocenters. The van der Waals surface area contributed by atoms with Crippen LogP contribution in [0.15, 0.2) is 18.2 Å². The van der Waals surface area contributed by atoms with E-state index < -0.39 is 5.54 Å². The van der Waals surface area contributed by atoms with E-state index in [9.17, 15) is 0 Å². The third-order valence-electron chi connectivity index (χ3n) is 3.65. The Morgan fingerprint density at radius 2 is 2.37 bits per heavy atom. The van der Waals surface area contributed by atoms with Crippen molar-refractivity contribution in [3.8, 4) is 0 Å². The van der Waals surface area contributed by atoms with Gasteiger partial charge in [-0.3, -0.25) is 0 Å². The highest BCUT2D eigenvalue weighted by molar-refractivity contribution is 6.31. The van der Waals surface area contributed by atoms with Crippen molar-refractivity contribution >= 4 is 22.6 Å². The summed E-state index contributed by atoms with van der Waals surface area (Å²) >= 11 is 6.10. The fourth-order valence-corrected chi connectivity index (χ4v) is 2.85. The number of aromatic nitrogens is 2. The highest BCUT2D eigenvalue weighted by atomic mass is 35.5. The monoisotopic (exact) mass is 279 g/mol. The number of aryl methyl sites for hydroxylation is 1. The van der Waals surface area contributed by atoms with Crippen molar-refractivity contribution in [2.75, 3.05) is 13.2 Å². The molecule has 1 saturated heterocycles. The maximum atomic E-state index is 6.47. The molecule has 1 aliphatic heterocycles. The first kappa shape index (κ1) is 12.9. The van der Waals surface area contributed by atoms with Gasteiger partial charge in [0.2, 0.25) is 0 Å². The molecule has 3 rings (SSSR count). The zero-order valence-electron chi connectivity index (χ0n) is 11.0. The van der Waals surface area contributed by atoms with E-state index in [0.29, 0.717) is 13.2 Å². The third kappa shape index (κ3) is 2.14. The molecule has 1 aromatic heterocycles. The number of nitrogens with two attached hydrogens (primary N) is 1. The van der Waals surface area contributed by atoms with Gasteiger partial charge in [-0.15, -0.1) is 0 Å². The van der Waals surface area contributed by atoms with Crippen LogP contribution in [0, 0.1) is 0 Å². The normalized spacial score (nSPS) is 23.3. The van der Waals surface area contributed by atoms with Gasteiger partial charge < -0.3 is 15.0 Å². The van der Waals surface area contributed by atoms with Crippen LogP contribution >= 0.6 is 11.6 Å². The molecule has 0 aliphatic carbocycles. The van der Waals surface area contributed by atoms with E-state index in [1.165, 1.54) is 0 Å². The van der Waals surface area contributed by atoms with Crippen LogP contribution in [0.3, 0.4) is 0 Å². The Bertz CT molecular complexity index is 602. The second-order valence-corrected chi connectivity index (χ2v) is 5.62. The summed E-state index contributed by atoms with van der Waals surface area (Å²) < 4.78 is 7.65.